The van der Waals surface area contributed by atoms with Crippen molar-refractivity contribution in [3.8, 4) is 5.75 Å². The molecular formula is C20H26FN3O4. The third-order valence-electron chi connectivity index (χ3n) is 4.47. The van der Waals surface area contributed by atoms with Gasteiger partial charge in [-0.25, -0.2) is 9.18 Å². The van der Waals surface area contributed by atoms with Crippen molar-refractivity contribution in [3.63, 3.8) is 0 Å². The van der Waals surface area contributed by atoms with Gasteiger partial charge in [0.05, 0.1) is 19.2 Å². The van der Waals surface area contributed by atoms with Crippen LogP contribution >= 0.6 is 0 Å². The van der Waals surface area contributed by atoms with E-state index in [9.17, 15) is 19.1 Å². The summed E-state index contributed by atoms with van der Waals surface area (Å²) in [7, 11) is 1.32. The van der Waals surface area contributed by atoms with E-state index in [-0.39, 0.29) is 17.7 Å². The largest absolute Gasteiger partial charge is 0.494 e. The summed E-state index contributed by atoms with van der Waals surface area (Å²) in [6, 6.07) is 2.43. The molecule has 1 unspecified atom stereocenters. The van der Waals surface area contributed by atoms with E-state index in [1.807, 2.05) is 18.5 Å². The smallest absolute Gasteiger partial charge is 0.330 e. The number of hydrogen-bond acceptors (Lipinski definition) is 4. The van der Waals surface area contributed by atoms with Crippen molar-refractivity contribution in [2.75, 3.05) is 7.11 Å². The number of hydrogen-bond donors (Lipinski definition) is 2. The highest BCUT2D eigenvalue weighted by Gasteiger charge is 2.25. The van der Waals surface area contributed by atoms with Gasteiger partial charge in [0, 0.05) is 17.8 Å². The molecule has 8 heteroatoms. The molecule has 0 spiro atoms. The fourth-order valence-electron chi connectivity index (χ4n) is 3.04. The van der Waals surface area contributed by atoms with Crippen molar-refractivity contribution in [3.05, 3.63) is 46.5 Å². The topological polar surface area (TPSA) is 93.5 Å². The number of carbonyl (C=O) groups is 2. The van der Waals surface area contributed by atoms with Crippen LogP contribution in [0.3, 0.4) is 0 Å². The molecule has 28 heavy (non-hydrogen) atoms. The van der Waals surface area contributed by atoms with Gasteiger partial charge in [0.2, 0.25) is 5.91 Å². The van der Waals surface area contributed by atoms with E-state index >= 15 is 0 Å². The third kappa shape index (κ3) is 4.88. The summed E-state index contributed by atoms with van der Waals surface area (Å²) < 4.78 is 20.6. The summed E-state index contributed by atoms with van der Waals surface area (Å²) in [5.41, 5.74) is 2.51. The number of aromatic nitrogens is 2. The maximum atomic E-state index is 13.9. The number of carbonyl (C=O) groups excluding carboxylic acids is 1. The summed E-state index contributed by atoms with van der Waals surface area (Å²) in [6.45, 7) is 8.60. The fourth-order valence-corrected chi connectivity index (χ4v) is 3.04. The molecule has 2 rings (SSSR count). The van der Waals surface area contributed by atoms with Crippen LogP contribution in [0.4, 0.5) is 4.39 Å². The molecule has 7 nitrogen and oxygen atoms in total. The second-order valence-electron chi connectivity index (χ2n) is 7.13. The number of nitrogens with zero attached hydrogens (tertiary/aromatic N) is 2. The molecule has 1 aromatic carbocycles. The lowest BCUT2D eigenvalue weighted by atomic mass is 10.0. The second-order valence-corrected chi connectivity index (χ2v) is 7.13. The maximum Gasteiger partial charge on any atom is 0.330 e. The number of amides is 1. The highest BCUT2D eigenvalue weighted by molar-refractivity contribution is 5.86. The highest BCUT2D eigenvalue weighted by Crippen LogP contribution is 2.23. The molecule has 0 saturated heterocycles. The molecule has 1 atom stereocenters. The molecule has 1 aromatic heterocycles. The Morgan fingerprint density at radius 3 is 2.54 bits per heavy atom. The predicted octanol–water partition coefficient (Wildman–Crippen LogP) is 2.79. The molecule has 0 radical (unpaired) electrons. The van der Waals surface area contributed by atoms with Gasteiger partial charge in [0.15, 0.2) is 17.6 Å². The standard InChI is InChI=1S/C20H26FN3O4/c1-11(2)10-24-13(4)15(12(3)23-24)9-18(25)22-19(20(26)27)14-6-7-17(28-5)16(21)8-14/h6-8,11,19H,9-10H2,1-5H3,(H,22,25)(H,26,27). The molecule has 0 fully saturated rings. The Hall–Kier alpha value is -2.90. The number of aliphatic carboxylic acids is 1. The van der Waals surface area contributed by atoms with E-state index in [0.717, 1.165) is 29.6 Å². The number of nitrogens with one attached hydrogen (secondary N) is 1. The Labute approximate surface area is 163 Å². The number of halogens is 1. The zero-order chi connectivity index (χ0) is 21.0. The van der Waals surface area contributed by atoms with Crippen molar-refractivity contribution >= 4 is 11.9 Å². The fraction of sp³-hybridized carbons (Fsp3) is 0.450. The first-order valence-electron chi connectivity index (χ1n) is 9.02. The predicted molar refractivity (Wildman–Crippen MR) is 102 cm³/mol. The lowest BCUT2D eigenvalue weighted by Crippen LogP contribution is -2.35. The van der Waals surface area contributed by atoms with E-state index in [4.69, 9.17) is 4.74 Å². The van der Waals surface area contributed by atoms with Gasteiger partial charge in [0.25, 0.3) is 0 Å². The van der Waals surface area contributed by atoms with Crippen LogP contribution in [0.1, 0.15) is 42.4 Å². The Morgan fingerprint density at radius 1 is 1.32 bits per heavy atom. The summed E-state index contributed by atoms with van der Waals surface area (Å²) >= 11 is 0. The Morgan fingerprint density at radius 2 is 2.00 bits per heavy atom. The molecule has 0 aliphatic carbocycles. The first-order chi connectivity index (χ1) is 13.1. The highest BCUT2D eigenvalue weighted by atomic mass is 19.1. The lowest BCUT2D eigenvalue weighted by Gasteiger charge is -2.16. The quantitative estimate of drug-likeness (QED) is 0.722. The zero-order valence-corrected chi connectivity index (χ0v) is 16.7. The number of carboxylic acids is 1. The van der Waals surface area contributed by atoms with E-state index in [0.29, 0.717) is 5.92 Å². The summed E-state index contributed by atoms with van der Waals surface area (Å²) in [4.78, 5) is 24.1. The summed E-state index contributed by atoms with van der Waals surface area (Å²) in [5.74, 6) is -2.04. The van der Waals surface area contributed by atoms with E-state index in [1.165, 1.54) is 19.2 Å². The molecule has 0 saturated carbocycles. The van der Waals surface area contributed by atoms with Crippen LogP contribution in [0.25, 0.3) is 0 Å². The number of methoxy groups -OCH3 is 1. The minimum absolute atomic E-state index is 0.00181. The molecule has 0 aliphatic rings. The number of carboxylic acid groups (broad SMARTS) is 1. The normalized spacial score (nSPS) is 12.1. The van der Waals surface area contributed by atoms with Gasteiger partial charge in [-0.3, -0.25) is 9.48 Å². The van der Waals surface area contributed by atoms with Crippen molar-refractivity contribution < 1.29 is 23.8 Å². The number of aryl methyl sites for hydroxylation is 1. The van der Waals surface area contributed by atoms with E-state index in [2.05, 4.69) is 24.3 Å². The van der Waals surface area contributed by atoms with Crippen LogP contribution in [0.15, 0.2) is 18.2 Å². The van der Waals surface area contributed by atoms with Crippen LogP contribution in [0, 0.1) is 25.6 Å². The summed E-state index contributed by atoms with van der Waals surface area (Å²) in [6.07, 6.45) is -0.00181. The van der Waals surface area contributed by atoms with Crippen LogP contribution in [0.2, 0.25) is 0 Å². The van der Waals surface area contributed by atoms with Crippen LogP contribution in [-0.2, 0) is 22.6 Å². The van der Waals surface area contributed by atoms with Crippen LogP contribution in [0.5, 0.6) is 5.75 Å². The lowest BCUT2D eigenvalue weighted by molar-refractivity contribution is -0.142. The van der Waals surface area contributed by atoms with Crippen LogP contribution < -0.4 is 10.1 Å². The number of benzene rings is 1. The van der Waals surface area contributed by atoms with Crippen LogP contribution in [-0.4, -0.2) is 33.9 Å². The van der Waals surface area contributed by atoms with Gasteiger partial charge in [0.1, 0.15) is 0 Å². The molecule has 0 aliphatic heterocycles. The molecule has 152 valence electrons. The maximum absolute atomic E-state index is 13.9. The number of ether oxygens (including phenoxy) is 1. The molecule has 1 heterocycles. The third-order valence-corrected chi connectivity index (χ3v) is 4.47. The Balaban J connectivity index is 2.19. The first kappa shape index (κ1) is 21.4. The average molecular weight is 391 g/mol. The minimum Gasteiger partial charge on any atom is -0.494 e. The molecular weight excluding hydrogens is 365 g/mol. The molecule has 2 aromatic rings. The Bertz CT molecular complexity index is 877. The van der Waals surface area contributed by atoms with Gasteiger partial charge >= 0.3 is 5.97 Å². The van der Waals surface area contributed by atoms with Crippen molar-refractivity contribution in [2.24, 2.45) is 5.92 Å². The van der Waals surface area contributed by atoms with E-state index < -0.39 is 23.7 Å². The average Bonchev–Trinajstić information content (AvgIpc) is 2.86. The molecule has 1 amide bonds. The van der Waals surface area contributed by atoms with Crippen molar-refractivity contribution in [2.45, 2.75) is 46.7 Å². The SMILES string of the molecule is COc1ccc(C(NC(=O)Cc2c(C)nn(CC(C)C)c2C)C(=O)O)cc1F. The van der Waals surface area contributed by atoms with Crippen molar-refractivity contribution in [1.29, 1.82) is 0 Å². The Kier molecular flexibility index (Phi) is 6.77. The summed E-state index contributed by atoms with van der Waals surface area (Å²) in [5, 5.41) is 16.4. The minimum atomic E-state index is -1.36. The van der Waals surface area contributed by atoms with Crippen molar-refractivity contribution in [1.82, 2.24) is 15.1 Å². The first-order valence-corrected chi connectivity index (χ1v) is 9.02. The van der Waals surface area contributed by atoms with E-state index in [1.54, 1.807) is 0 Å². The van der Waals surface area contributed by atoms with Gasteiger partial charge in [-0.05, 0) is 37.5 Å². The van der Waals surface area contributed by atoms with Gasteiger partial charge in [-0.2, -0.15) is 5.10 Å². The number of rotatable bonds is 8. The monoisotopic (exact) mass is 391 g/mol. The van der Waals surface area contributed by atoms with Gasteiger partial charge in [-0.15, -0.1) is 0 Å². The van der Waals surface area contributed by atoms with Gasteiger partial charge < -0.3 is 15.2 Å². The zero-order valence-electron chi connectivity index (χ0n) is 16.7. The molecule has 0 bridgehead atoms. The second kappa shape index (κ2) is 8.86. The molecule has 2 N–H and O–H groups in total. The van der Waals surface area contributed by atoms with Gasteiger partial charge in [-0.1, -0.05) is 19.9 Å².